The summed E-state index contributed by atoms with van der Waals surface area (Å²) in [6.45, 7) is 0. The molecule has 0 amide bonds. The van der Waals surface area contributed by atoms with Gasteiger partial charge in [-0.25, -0.2) is 4.39 Å². The summed E-state index contributed by atoms with van der Waals surface area (Å²) in [5, 5.41) is 0.769. The molecule has 20 heavy (non-hydrogen) atoms. The monoisotopic (exact) mass is 285 g/mol. The van der Waals surface area contributed by atoms with Gasteiger partial charge in [0.2, 0.25) is 0 Å². The molecular formula is C16H9ClFNO. The lowest BCUT2D eigenvalue weighted by molar-refractivity contribution is 0.103. The van der Waals surface area contributed by atoms with Crippen LogP contribution in [0.5, 0.6) is 0 Å². The Hall–Kier alpha value is -2.26. The van der Waals surface area contributed by atoms with E-state index in [2.05, 4.69) is 4.98 Å². The van der Waals surface area contributed by atoms with Gasteiger partial charge in [-0.3, -0.25) is 9.78 Å². The van der Waals surface area contributed by atoms with Crippen LogP contribution >= 0.6 is 11.6 Å². The Morgan fingerprint density at radius 2 is 1.90 bits per heavy atom. The van der Waals surface area contributed by atoms with Crippen LogP contribution in [0, 0.1) is 5.82 Å². The third-order valence-corrected chi connectivity index (χ3v) is 3.34. The summed E-state index contributed by atoms with van der Waals surface area (Å²) in [4.78, 5) is 16.5. The minimum Gasteiger partial charge on any atom is -0.288 e. The number of pyridine rings is 1. The minimum atomic E-state index is -0.702. The zero-order valence-electron chi connectivity index (χ0n) is 10.3. The molecule has 2 nitrogen and oxygen atoms in total. The van der Waals surface area contributed by atoms with E-state index in [1.165, 1.54) is 18.3 Å². The molecule has 3 aromatic rings. The summed E-state index contributed by atoms with van der Waals surface area (Å²) < 4.78 is 13.9. The second-order valence-electron chi connectivity index (χ2n) is 4.35. The largest absolute Gasteiger partial charge is 0.288 e. The Bertz CT molecular complexity index is 816. The number of para-hydroxylation sites is 1. The average molecular weight is 286 g/mol. The van der Waals surface area contributed by atoms with Gasteiger partial charge in [-0.2, -0.15) is 0 Å². The van der Waals surface area contributed by atoms with Crippen LogP contribution < -0.4 is 0 Å². The fourth-order valence-electron chi connectivity index (χ4n) is 2.03. The van der Waals surface area contributed by atoms with Crippen LogP contribution in [0.3, 0.4) is 0 Å². The van der Waals surface area contributed by atoms with E-state index in [1.54, 1.807) is 12.1 Å². The lowest BCUT2D eigenvalue weighted by atomic mass is 10.0. The average Bonchev–Trinajstić information content (AvgIpc) is 2.49. The fraction of sp³-hybridized carbons (Fsp3) is 0. The summed E-state index contributed by atoms with van der Waals surface area (Å²) in [5.41, 5.74) is 1.08. The van der Waals surface area contributed by atoms with E-state index >= 15 is 0 Å². The third-order valence-electron chi connectivity index (χ3n) is 3.05. The number of carbonyl (C=O) groups excluding carboxylic acids is 1. The summed E-state index contributed by atoms with van der Waals surface area (Å²) in [6.07, 6.45) is 1.45. The first-order chi connectivity index (χ1) is 9.66. The molecule has 0 spiro atoms. The van der Waals surface area contributed by atoms with Gasteiger partial charge in [0.25, 0.3) is 0 Å². The first kappa shape index (κ1) is 12.8. The number of benzene rings is 2. The van der Waals surface area contributed by atoms with Gasteiger partial charge in [0, 0.05) is 17.1 Å². The fourth-order valence-corrected chi connectivity index (χ4v) is 2.20. The maximum absolute atomic E-state index is 13.9. The Morgan fingerprint density at radius 1 is 1.10 bits per heavy atom. The molecule has 0 N–H and O–H groups in total. The SMILES string of the molecule is O=C(c1cnc2ccccc2c1)c1cccc(Cl)c1F. The molecule has 4 heteroatoms. The van der Waals surface area contributed by atoms with E-state index in [1.807, 2.05) is 24.3 Å². The zero-order chi connectivity index (χ0) is 14.1. The first-order valence-electron chi connectivity index (χ1n) is 6.00. The van der Waals surface area contributed by atoms with Crippen molar-refractivity contribution in [1.29, 1.82) is 0 Å². The molecule has 2 aromatic carbocycles. The number of carbonyl (C=O) groups is 1. The van der Waals surface area contributed by atoms with Gasteiger partial charge >= 0.3 is 0 Å². The predicted molar refractivity (Wildman–Crippen MR) is 76.6 cm³/mol. The van der Waals surface area contributed by atoms with Crippen LogP contribution in [0.4, 0.5) is 4.39 Å². The summed E-state index contributed by atoms with van der Waals surface area (Å²) in [6, 6.07) is 13.5. The third kappa shape index (κ3) is 2.17. The van der Waals surface area contributed by atoms with E-state index < -0.39 is 11.6 Å². The van der Waals surface area contributed by atoms with Crippen LogP contribution in [-0.4, -0.2) is 10.8 Å². The number of hydrogen-bond donors (Lipinski definition) is 0. The van der Waals surface area contributed by atoms with E-state index in [-0.39, 0.29) is 10.6 Å². The summed E-state index contributed by atoms with van der Waals surface area (Å²) in [5.74, 6) is -1.13. The molecule has 98 valence electrons. The van der Waals surface area contributed by atoms with Crippen molar-refractivity contribution < 1.29 is 9.18 Å². The van der Waals surface area contributed by atoms with Crippen molar-refractivity contribution in [3.63, 3.8) is 0 Å². The number of nitrogens with zero attached hydrogens (tertiary/aromatic N) is 1. The van der Waals surface area contributed by atoms with E-state index in [9.17, 15) is 9.18 Å². The number of ketones is 1. The zero-order valence-corrected chi connectivity index (χ0v) is 11.1. The van der Waals surface area contributed by atoms with Crippen LogP contribution in [0.2, 0.25) is 5.02 Å². The lowest BCUT2D eigenvalue weighted by Gasteiger charge is -2.05. The van der Waals surface area contributed by atoms with Crippen molar-refractivity contribution in [1.82, 2.24) is 4.98 Å². The summed E-state index contributed by atoms with van der Waals surface area (Å²) in [7, 11) is 0. The maximum Gasteiger partial charge on any atom is 0.197 e. The number of halogens is 2. The predicted octanol–water partition coefficient (Wildman–Crippen LogP) is 4.26. The molecular weight excluding hydrogens is 277 g/mol. The van der Waals surface area contributed by atoms with Crippen molar-refractivity contribution in [2.75, 3.05) is 0 Å². The lowest BCUT2D eigenvalue weighted by Crippen LogP contribution is -2.05. The molecule has 0 atom stereocenters. The van der Waals surface area contributed by atoms with Crippen molar-refractivity contribution in [3.8, 4) is 0 Å². The van der Waals surface area contributed by atoms with Gasteiger partial charge in [-0.05, 0) is 24.3 Å². The molecule has 0 aliphatic heterocycles. The van der Waals surface area contributed by atoms with E-state index in [0.29, 0.717) is 5.56 Å². The van der Waals surface area contributed by atoms with Gasteiger partial charge in [0.05, 0.1) is 16.1 Å². The van der Waals surface area contributed by atoms with Gasteiger partial charge < -0.3 is 0 Å². The minimum absolute atomic E-state index is 0.0467. The molecule has 0 radical (unpaired) electrons. The molecule has 1 heterocycles. The molecule has 1 aromatic heterocycles. The van der Waals surface area contributed by atoms with Gasteiger partial charge in [-0.1, -0.05) is 35.9 Å². The number of hydrogen-bond acceptors (Lipinski definition) is 2. The Morgan fingerprint density at radius 3 is 2.75 bits per heavy atom. The molecule has 0 saturated carbocycles. The van der Waals surface area contributed by atoms with Crippen molar-refractivity contribution in [2.24, 2.45) is 0 Å². The molecule has 0 aliphatic rings. The highest BCUT2D eigenvalue weighted by molar-refractivity contribution is 6.31. The molecule has 0 bridgehead atoms. The normalized spacial score (nSPS) is 10.7. The Balaban J connectivity index is 2.10. The number of aromatic nitrogens is 1. The van der Waals surface area contributed by atoms with Gasteiger partial charge in [-0.15, -0.1) is 0 Å². The maximum atomic E-state index is 13.9. The van der Waals surface area contributed by atoms with E-state index in [4.69, 9.17) is 11.6 Å². The highest BCUT2D eigenvalue weighted by atomic mass is 35.5. The number of fused-ring (bicyclic) bond motifs is 1. The van der Waals surface area contributed by atoms with Gasteiger partial charge in [0.1, 0.15) is 0 Å². The van der Waals surface area contributed by atoms with Crippen molar-refractivity contribution >= 4 is 28.3 Å². The molecule has 3 rings (SSSR count). The molecule has 0 aliphatic carbocycles. The molecule has 0 unspecified atom stereocenters. The Kier molecular flexibility index (Phi) is 3.20. The van der Waals surface area contributed by atoms with Crippen LogP contribution in [0.15, 0.2) is 54.7 Å². The second-order valence-corrected chi connectivity index (χ2v) is 4.75. The number of rotatable bonds is 2. The van der Waals surface area contributed by atoms with E-state index in [0.717, 1.165) is 10.9 Å². The topological polar surface area (TPSA) is 30.0 Å². The highest BCUT2D eigenvalue weighted by Gasteiger charge is 2.16. The van der Waals surface area contributed by atoms with Crippen molar-refractivity contribution in [2.45, 2.75) is 0 Å². The molecule has 0 fully saturated rings. The highest BCUT2D eigenvalue weighted by Crippen LogP contribution is 2.21. The summed E-state index contributed by atoms with van der Waals surface area (Å²) >= 11 is 5.70. The van der Waals surface area contributed by atoms with Crippen LogP contribution in [-0.2, 0) is 0 Å². The molecule has 0 saturated heterocycles. The standard InChI is InChI=1S/C16H9ClFNO/c17-13-6-3-5-12(15(13)18)16(20)11-8-10-4-1-2-7-14(10)19-9-11/h1-9H. The first-order valence-corrected chi connectivity index (χ1v) is 6.38. The Labute approximate surface area is 119 Å². The van der Waals surface area contributed by atoms with Gasteiger partial charge in [0.15, 0.2) is 11.6 Å². The quantitative estimate of drug-likeness (QED) is 0.659. The van der Waals surface area contributed by atoms with Crippen LogP contribution in [0.25, 0.3) is 10.9 Å². The van der Waals surface area contributed by atoms with Crippen molar-refractivity contribution in [3.05, 3.63) is 76.7 Å². The second kappa shape index (κ2) is 5.02. The smallest absolute Gasteiger partial charge is 0.197 e. The van der Waals surface area contributed by atoms with Crippen LogP contribution in [0.1, 0.15) is 15.9 Å².